The van der Waals surface area contributed by atoms with Gasteiger partial charge in [0.1, 0.15) is 0 Å². The summed E-state index contributed by atoms with van der Waals surface area (Å²) in [4.78, 5) is 19.1. The lowest BCUT2D eigenvalue weighted by Crippen LogP contribution is -2.35. The predicted octanol–water partition coefficient (Wildman–Crippen LogP) is 4.04. The van der Waals surface area contributed by atoms with Crippen LogP contribution in [0.2, 0.25) is 5.02 Å². The zero-order valence-electron chi connectivity index (χ0n) is 11.9. The molecule has 0 radical (unpaired) electrons. The van der Waals surface area contributed by atoms with Gasteiger partial charge in [0, 0.05) is 18.1 Å². The molecule has 0 bridgehead atoms. The summed E-state index contributed by atoms with van der Waals surface area (Å²) in [5.41, 5.74) is 0.932. The van der Waals surface area contributed by atoms with Gasteiger partial charge in [0.15, 0.2) is 5.17 Å². The molecule has 2 aliphatic heterocycles. The van der Waals surface area contributed by atoms with Crippen LogP contribution < -0.4 is 0 Å². The van der Waals surface area contributed by atoms with E-state index >= 15 is 0 Å². The molecule has 1 saturated heterocycles. The summed E-state index contributed by atoms with van der Waals surface area (Å²) >= 11 is 7.44. The van der Waals surface area contributed by atoms with Crippen LogP contribution in [-0.4, -0.2) is 29.1 Å². The molecule has 0 aromatic heterocycles. The molecule has 2 aliphatic rings. The van der Waals surface area contributed by atoms with Crippen LogP contribution in [0.15, 0.2) is 34.2 Å². The summed E-state index contributed by atoms with van der Waals surface area (Å²) in [5, 5.41) is 1.52. The molecule has 0 aliphatic carbocycles. The standard InChI is InChI=1S/C16H17ClN2OS/c1-11-5-7-19(8-6-11)16-18-15(20)14(21-16)10-12-3-2-4-13(17)9-12/h2-4,9-11H,5-8H2,1H3. The average molecular weight is 321 g/mol. The average Bonchev–Trinajstić information content (AvgIpc) is 2.81. The third-order valence-corrected chi connectivity index (χ3v) is 5.09. The predicted molar refractivity (Wildman–Crippen MR) is 89.4 cm³/mol. The van der Waals surface area contributed by atoms with E-state index < -0.39 is 0 Å². The first-order valence-electron chi connectivity index (χ1n) is 7.15. The Bertz CT molecular complexity index is 618. The number of piperidine rings is 1. The minimum atomic E-state index is -0.145. The molecule has 2 heterocycles. The van der Waals surface area contributed by atoms with E-state index in [1.165, 1.54) is 24.6 Å². The Morgan fingerprint density at radius 3 is 2.86 bits per heavy atom. The highest BCUT2D eigenvalue weighted by molar-refractivity contribution is 8.18. The van der Waals surface area contributed by atoms with Crippen LogP contribution in [0.25, 0.3) is 6.08 Å². The minimum absolute atomic E-state index is 0.145. The number of hydrogen-bond donors (Lipinski definition) is 0. The molecule has 1 aromatic carbocycles. The molecule has 3 rings (SSSR count). The van der Waals surface area contributed by atoms with Gasteiger partial charge in [-0.1, -0.05) is 30.7 Å². The Labute approximate surface area is 134 Å². The normalized spacial score (nSPS) is 22.0. The summed E-state index contributed by atoms with van der Waals surface area (Å²) < 4.78 is 0. The summed E-state index contributed by atoms with van der Waals surface area (Å²) in [6, 6.07) is 7.49. The molecule has 1 fully saturated rings. The van der Waals surface area contributed by atoms with Crippen molar-refractivity contribution >= 4 is 40.5 Å². The van der Waals surface area contributed by atoms with Crippen molar-refractivity contribution in [2.24, 2.45) is 10.9 Å². The highest BCUT2D eigenvalue weighted by Gasteiger charge is 2.28. The van der Waals surface area contributed by atoms with Gasteiger partial charge in [-0.3, -0.25) is 4.79 Å². The third-order valence-electron chi connectivity index (χ3n) is 3.81. The minimum Gasteiger partial charge on any atom is -0.351 e. The van der Waals surface area contributed by atoms with Crippen LogP contribution in [-0.2, 0) is 4.79 Å². The Kier molecular flexibility index (Phi) is 4.36. The quantitative estimate of drug-likeness (QED) is 0.732. The Balaban J connectivity index is 1.73. The van der Waals surface area contributed by atoms with Crippen LogP contribution in [0, 0.1) is 5.92 Å². The van der Waals surface area contributed by atoms with Gasteiger partial charge in [-0.25, -0.2) is 0 Å². The number of aliphatic imine (C=N–C) groups is 1. The molecule has 110 valence electrons. The first kappa shape index (κ1) is 14.7. The van der Waals surface area contributed by atoms with E-state index in [2.05, 4.69) is 16.8 Å². The van der Waals surface area contributed by atoms with Gasteiger partial charge in [-0.2, -0.15) is 4.99 Å². The number of carbonyl (C=O) groups excluding carboxylic acids is 1. The molecule has 0 atom stereocenters. The van der Waals surface area contributed by atoms with E-state index in [0.717, 1.165) is 29.7 Å². The van der Waals surface area contributed by atoms with Crippen molar-refractivity contribution in [2.45, 2.75) is 19.8 Å². The van der Waals surface area contributed by atoms with Crippen molar-refractivity contribution in [1.82, 2.24) is 4.90 Å². The molecule has 5 heteroatoms. The van der Waals surface area contributed by atoms with Crippen LogP contribution in [0.1, 0.15) is 25.3 Å². The van der Waals surface area contributed by atoms with Gasteiger partial charge >= 0.3 is 0 Å². The molecule has 0 N–H and O–H groups in total. The first-order chi connectivity index (χ1) is 10.1. The van der Waals surface area contributed by atoms with Gasteiger partial charge in [0.05, 0.1) is 4.91 Å². The maximum atomic E-state index is 12.0. The van der Waals surface area contributed by atoms with E-state index in [1.807, 2.05) is 30.3 Å². The lowest BCUT2D eigenvalue weighted by molar-refractivity contribution is -0.113. The van der Waals surface area contributed by atoms with Crippen molar-refractivity contribution < 1.29 is 4.79 Å². The molecule has 21 heavy (non-hydrogen) atoms. The third kappa shape index (κ3) is 3.50. The first-order valence-corrected chi connectivity index (χ1v) is 8.34. The van der Waals surface area contributed by atoms with Gasteiger partial charge in [-0.15, -0.1) is 0 Å². The maximum Gasteiger partial charge on any atom is 0.286 e. The monoisotopic (exact) mass is 320 g/mol. The summed E-state index contributed by atoms with van der Waals surface area (Å²) in [6.07, 6.45) is 4.20. The van der Waals surface area contributed by atoms with Crippen molar-refractivity contribution in [3.63, 3.8) is 0 Å². The second-order valence-electron chi connectivity index (χ2n) is 5.53. The van der Waals surface area contributed by atoms with Crippen molar-refractivity contribution in [1.29, 1.82) is 0 Å². The van der Waals surface area contributed by atoms with Gasteiger partial charge < -0.3 is 4.90 Å². The molecule has 0 spiro atoms. The number of hydrogen-bond acceptors (Lipinski definition) is 3. The number of likely N-dealkylation sites (tertiary alicyclic amines) is 1. The van der Waals surface area contributed by atoms with Crippen LogP contribution >= 0.6 is 23.4 Å². The van der Waals surface area contributed by atoms with Crippen LogP contribution in [0.4, 0.5) is 0 Å². The number of amides is 1. The molecule has 1 aromatic rings. The molecule has 0 saturated carbocycles. The molecular weight excluding hydrogens is 304 g/mol. The number of rotatable bonds is 1. The Hall–Kier alpha value is -1.26. The maximum absolute atomic E-state index is 12.0. The number of thioether (sulfide) groups is 1. The van der Waals surface area contributed by atoms with Crippen molar-refractivity contribution in [2.75, 3.05) is 13.1 Å². The second-order valence-corrected chi connectivity index (χ2v) is 6.98. The second kappa shape index (κ2) is 6.24. The van der Waals surface area contributed by atoms with Crippen LogP contribution in [0.5, 0.6) is 0 Å². The fraction of sp³-hybridized carbons (Fsp3) is 0.375. The van der Waals surface area contributed by atoms with E-state index in [0.29, 0.717) is 9.93 Å². The van der Waals surface area contributed by atoms with Crippen molar-refractivity contribution in [3.05, 3.63) is 39.8 Å². The molecule has 3 nitrogen and oxygen atoms in total. The Morgan fingerprint density at radius 1 is 1.38 bits per heavy atom. The summed E-state index contributed by atoms with van der Waals surface area (Å²) in [6.45, 7) is 4.26. The lowest BCUT2D eigenvalue weighted by Gasteiger charge is -2.30. The number of amidine groups is 1. The summed E-state index contributed by atoms with van der Waals surface area (Å²) in [5.74, 6) is 0.624. The zero-order chi connectivity index (χ0) is 14.8. The molecular formula is C16H17ClN2OS. The summed E-state index contributed by atoms with van der Waals surface area (Å²) in [7, 11) is 0. The highest BCUT2D eigenvalue weighted by atomic mass is 35.5. The van der Waals surface area contributed by atoms with Gasteiger partial charge in [0.25, 0.3) is 5.91 Å². The fourth-order valence-corrected chi connectivity index (χ4v) is 3.64. The van der Waals surface area contributed by atoms with Gasteiger partial charge in [-0.05, 0) is 54.3 Å². The number of nitrogens with zero attached hydrogens (tertiary/aromatic N) is 2. The topological polar surface area (TPSA) is 32.7 Å². The van der Waals surface area contributed by atoms with Crippen molar-refractivity contribution in [3.8, 4) is 0 Å². The lowest BCUT2D eigenvalue weighted by atomic mass is 10.00. The van der Waals surface area contributed by atoms with Crippen LogP contribution in [0.3, 0.4) is 0 Å². The Morgan fingerprint density at radius 2 is 2.14 bits per heavy atom. The van der Waals surface area contributed by atoms with E-state index in [9.17, 15) is 4.79 Å². The van der Waals surface area contributed by atoms with E-state index in [-0.39, 0.29) is 5.91 Å². The number of halogens is 1. The van der Waals surface area contributed by atoms with E-state index in [4.69, 9.17) is 11.6 Å². The largest absolute Gasteiger partial charge is 0.351 e. The fourth-order valence-electron chi connectivity index (χ4n) is 2.48. The number of benzene rings is 1. The highest BCUT2D eigenvalue weighted by Crippen LogP contribution is 2.32. The van der Waals surface area contributed by atoms with Gasteiger partial charge in [0.2, 0.25) is 0 Å². The molecule has 0 unspecified atom stereocenters. The zero-order valence-corrected chi connectivity index (χ0v) is 13.5. The SMILES string of the molecule is CC1CCN(C2=NC(=O)C(=Cc3cccc(Cl)c3)S2)CC1. The molecule has 1 amide bonds. The smallest absolute Gasteiger partial charge is 0.286 e. The number of carbonyl (C=O) groups is 1. The van der Waals surface area contributed by atoms with E-state index in [1.54, 1.807) is 0 Å².